The molecular formula is C8H18FNO. The summed E-state index contributed by atoms with van der Waals surface area (Å²) in [5.41, 5.74) is 0. The summed E-state index contributed by atoms with van der Waals surface area (Å²) in [5.74, 6) is 0.170. The van der Waals surface area contributed by atoms with Gasteiger partial charge in [0, 0.05) is 13.9 Å². The molecule has 0 fully saturated rings. The summed E-state index contributed by atoms with van der Waals surface area (Å²) in [6, 6.07) is 0. The molecular weight excluding hydrogens is 145 g/mol. The SMILES string of the molecule is CC(C)C(=O)CNC[C@@H](C)F.[HH]. The first-order valence-electron chi connectivity index (χ1n) is 3.91. The third-order valence-corrected chi connectivity index (χ3v) is 1.37. The first-order chi connectivity index (χ1) is 5.04. The summed E-state index contributed by atoms with van der Waals surface area (Å²) in [6.45, 7) is 5.68. The summed E-state index contributed by atoms with van der Waals surface area (Å²) in [7, 11) is 0. The lowest BCUT2D eigenvalue weighted by Gasteiger charge is -2.06. The van der Waals surface area contributed by atoms with Gasteiger partial charge in [-0.2, -0.15) is 0 Å². The highest BCUT2D eigenvalue weighted by atomic mass is 19.1. The van der Waals surface area contributed by atoms with Crippen molar-refractivity contribution in [1.29, 1.82) is 0 Å². The van der Waals surface area contributed by atoms with Crippen molar-refractivity contribution in [3.63, 3.8) is 0 Å². The number of ketones is 1. The molecule has 0 bridgehead atoms. The lowest BCUT2D eigenvalue weighted by Crippen LogP contribution is -2.30. The van der Waals surface area contributed by atoms with E-state index in [2.05, 4.69) is 5.32 Å². The monoisotopic (exact) mass is 163 g/mol. The molecule has 0 aliphatic carbocycles. The molecule has 0 aromatic rings. The topological polar surface area (TPSA) is 29.1 Å². The van der Waals surface area contributed by atoms with E-state index in [1.165, 1.54) is 6.92 Å². The first kappa shape index (κ1) is 10.6. The molecule has 1 N–H and O–H groups in total. The minimum absolute atomic E-state index is 0. The largest absolute Gasteiger partial charge is 0.307 e. The summed E-state index contributed by atoms with van der Waals surface area (Å²) in [6.07, 6.45) is -0.880. The van der Waals surface area contributed by atoms with Crippen molar-refractivity contribution in [3.05, 3.63) is 0 Å². The van der Waals surface area contributed by atoms with Crippen molar-refractivity contribution in [3.8, 4) is 0 Å². The van der Waals surface area contributed by atoms with E-state index < -0.39 is 6.17 Å². The molecule has 0 aliphatic rings. The second kappa shape index (κ2) is 5.24. The summed E-state index contributed by atoms with van der Waals surface area (Å²) in [4.78, 5) is 10.9. The average molecular weight is 163 g/mol. The molecule has 3 heteroatoms. The number of carbonyl (C=O) groups excluding carboxylic acids is 1. The molecule has 0 aromatic carbocycles. The Morgan fingerprint density at radius 3 is 2.45 bits per heavy atom. The zero-order valence-corrected chi connectivity index (χ0v) is 7.36. The second-order valence-electron chi connectivity index (χ2n) is 3.03. The molecule has 0 aromatic heterocycles. The maximum absolute atomic E-state index is 12.2. The van der Waals surface area contributed by atoms with Gasteiger partial charge in [-0.1, -0.05) is 13.8 Å². The van der Waals surface area contributed by atoms with Gasteiger partial charge in [0.25, 0.3) is 0 Å². The highest BCUT2D eigenvalue weighted by molar-refractivity contribution is 5.82. The van der Waals surface area contributed by atoms with Crippen molar-refractivity contribution in [2.45, 2.75) is 26.9 Å². The quantitative estimate of drug-likeness (QED) is 0.664. The third-order valence-electron chi connectivity index (χ3n) is 1.37. The van der Waals surface area contributed by atoms with Crippen LogP contribution in [0, 0.1) is 5.92 Å². The molecule has 11 heavy (non-hydrogen) atoms. The number of hydrogen-bond donors (Lipinski definition) is 1. The molecule has 0 unspecified atom stereocenters. The molecule has 0 saturated carbocycles. The van der Waals surface area contributed by atoms with E-state index in [9.17, 15) is 9.18 Å². The zero-order valence-electron chi connectivity index (χ0n) is 7.36. The number of alkyl halides is 1. The van der Waals surface area contributed by atoms with Gasteiger partial charge >= 0.3 is 0 Å². The Bertz CT molecular complexity index is 128. The lowest BCUT2D eigenvalue weighted by molar-refractivity contribution is -0.121. The lowest BCUT2D eigenvalue weighted by atomic mass is 10.1. The Hall–Kier alpha value is -0.440. The van der Waals surface area contributed by atoms with Crippen LogP contribution in [-0.2, 0) is 4.79 Å². The molecule has 0 amide bonds. The third kappa shape index (κ3) is 5.98. The van der Waals surface area contributed by atoms with Crippen LogP contribution in [0.1, 0.15) is 22.2 Å². The van der Waals surface area contributed by atoms with Gasteiger partial charge in [-0.15, -0.1) is 0 Å². The van der Waals surface area contributed by atoms with Crippen LogP contribution in [0.4, 0.5) is 4.39 Å². The van der Waals surface area contributed by atoms with Crippen molar-refractivity contribution in [2.75, 3.05) is 13.1 Å². The van der Waals surface area contributed by atoms with E-state index in [-0.39, 0.29) is 26.2 Å². The Morgan fingerprint density at radius 1 is 1.55 bits per heavy atom. The smallest absolute Gasteiger partial charge is 0.149 e. The predicted molar refractivity (Wildman–Crippen MR) is 45.4 cm³/mol. The van der Waals surface area contributed by atoms with E-state index in [4.69, 9.17) is 0 Å². The van der Waals surface area contributed by atoms with Gasteiger partial charge in [-0.25, -0.2) is 4.39 Å². The standard InChI is InChI=1S/C8H16FNO.H2/c1-6(2)8(11)5-10-4-7(3)9;/h6-7,10H,4-5H2,1-3H3;1H/t7-;/m1./s1. The molecule has 0 saturated heterocycles. The van der Waals surface area contributed by atoms with E-state index in [1.807, 2.05) is 13.8 Å². The Kier molecular flexibility index (Phi) is 5.03. The van der Waals surface area contributed by atoms with Crippen molar-refractivity contribution < 1.29 is 10.6 Å². The normalized spacial score (nSPS) is 13.5. The predicted octanol–water partition coefficient (Wildman–Crippen LogP) is 1.41. The van der Waals surface area contributed by atoms with E-state index >= 15 is 0 Å². The summed E-state index contributed by atoms with van der Waals surface area (Å²) < 4.78 is 12.2. The van der Waals surface area contributed by atoms with Crippen LogP contribution in [0.3, 0.4) is 0 Å². The number of nitrogens with one attached hydrogen (secondary N) is 1. The van der Waals surface area contributed by atoms with E-state index in [0.717, 1.165) is 0 Å². The van der Waals surface area contributed by atoms with Crippen molar-refractivity contribution in [2.24, 2.45) is 5.92 Å². The number of halogens is 1. The van der Waals surface area contributed by atoms with Crippen LogP contribution >= 0.6 is 0 Å². The maximum atomic E-state index is 12.2. The fourth-order valence-corrected chi connectivity index (χ4v) is 0.598. The fourth-order valence-electron chi connectivity index (χ4n) is 0.598. The first-order valence-corrected chi connectivity index (χ1v) is 3.91. The Labute approximate surface area is 68.7 Å². The van der Waals surface area contributed by atoms with Crippen molar-refractivity contribution in [1.82, 2.24) is 5.32 Å². The summed E-state index contributed by atoms with van der Waals surface area (Å²) >= 11 is 0. The Morgan fingerprint density at radius 2 is 2.09 bits per heavy atom. The maximum Gasteiger partial charge on any atom is 0.149 e. The van der Waals surface area contributed by atoms with Crippen LogP contribution < -0.4 is 5.32 Å². The molecule has 1 atom stereocenters. The van der Waals surface area contributed by atoms with Crippen LogP contribution in [0.15, 0.2) is 0 Å². The molecule has 0 aliphatic heterocycles. The number of rotatable bonds is 5. The Balaban J connectivity index is 0. The van der Waals surface area contributed by atoms with Gasteiger partial charge in [0.2, 0.25) is 0 Å². The van der Waals surface area contributed by atoms with Gasteiger partial charge in [-0.3, -0.25) is 4.79 Å². The van der Waals surface area contributed by atoms with Crippen LogP contribution in [0.25, 0.3) is 0 Å². The van der Waals surface area contributed by atoms with Crippen LogP contribution in [0.2, 0.25) is 0 Å². The molecule has 0 heterocycles. The molecule has 0 radical (unpaired) electrons. The number of Topliss-reactive ketones (excluding diaryl/α,β-unsaturated/α-hetero) is 1. The van der Waals surface area contributed by atoms with Crippen molar-refractivity contribution >= 4 is 5.78 Å². The second-order valence-corrected chi connectivity index (χ2v) is 3.03. The van der Waals surface area contributed by atoms with Gasteiger partial charge in [0.15, 0.2) is 0 Å². The van der Waals surface area contributed by atoms with E-state index in [0.29, 0.717) is 0 Å². The highest BCUT2D eigenvalue weighted by Gasteiger charge is 2.06. The molecule has 0 spiro atoms. The fraction of sp³-hybridized carbons (Fsp3) is 0.875. The zero-order chi connectivity index (χ0) is 8.85. The summed E-state index contributed by atoms with van der Waals surface area (Å²) in [5, 5.41) is 2.74. The molecule has 68 valence electrons. The van der Waals surface area contributed by atoms with Gasteiger partial charge in [-0.05, 0) is 6.92 Å². The number of hydrogen-bond acceptors (Lipinski definition) is 2. The van der Waals surface area contributed by atoms with Gasteiger partial charge in [0.1, 0.15) is 12.0 Å². The highest BCUT2D eigenvalue weighted by Crippen LogP contribution is 1.92. The minimum atomic E-state index is -0.880. The van der Waals surface area contributed by atoms with E-state index in [1.54, 1.807) is 0 Å². The molecule has 0 rings (SSSR count). The van der Waals surface area contributed by atoms with Gasteiger partial charge < -0.3 is 5.32 Å². The number of carbonyl (C=O) groups is 1. The van der Waals surface area contributed by atoms with Gasteiger partial charge in [0.05, 0.1) is 6.54 Å². The molecule has 2 nitrogen and oxygen atoms in total. The minimum Gasteiger partial charge on any atom is -0.307 e. The van der Waals surface area contributed by atoms with Crippen LogP contribution in [0.5, 0.6) is 0 Å². The average Bonchev–Trinajstić information content (AvgIpc) is 1.86. The van der Waals surface area contributed by atoms with Crippen LogP contribution in [-0.4, -0.2) is 25.0 Å².